The second-order valence-corrected chi connectivity index (χ2v) is 10.2. The van der Waals surface area contributed by atoms with Gasteiger partial charge in [0.05, 0.1) is 0 Å². The molecule has 28 heavy (non-hydrogen) atoms. The number of nitrogens with zero attached hydrogens (tertiary/aromatic N) is 2. The zero-order valence-corrected chi connectivity index (χ0v) is 18.5. The fourth-order valence-corrected chi connectivity index (χ4v) is 4.30. The summed E-state index contributed by atoms with van der Waals surface area (Å²) >= 11 is 0. The van der Waals surface area contributed by atoms with Crippen LogP contribution < -0.4 is 0 Å². The second-order valence-electron chi connectivity index (χ2n) is 10.2. The Labute approximate surface area is 168 Å². The topological polar surface area (TPSA) is 9.86 Å². The number of benzene rings is 2. The van der Waals surface area contributed by atoms with E-state index in [4.69, 9.17) is 0 Å². The van der Waals surface area contributed by atoms with Crippen LogP contribution in [0.1, 0.15) is 52.8 Å². The Hall–Kier alpha value is -2.48. The van der Waals surface area contributed by atoms with E-state index < -0.39 is 0 Å². The van der Waals surface area contributed by atoms with Gasteiger partial charge in [-0.2, -0.15) is 0 Å². The van der Waals surface area contributed by atoms with Crippen molar-refractivity contribution in [1.82, 2.24) is 9.13 Å². The molecular weight excluding hydrogens is 340 g/mol. The molecule has 0 bridgehead atoms. The molecule has 0 radical (unpaired) electrons. The first kappa shape index (κ1) is 18.9. The van der Waals surface area contributed by atoms with E-state index in [0.717, 1.165) is 0 Å². The van der Waals surface area contributed by atoms with Crippen LogP contribution in [0.4, 0.5) is 0 Å². The lowest BCUT2D eigenvalue weighted by Crippen LogP contribution is -2.15. The van der Waals surface area contributed by atoms with Gasteiger partial charge >= 0.3 is 0 Å². The smallest absolute Gasteiger partial charge is 0.0489 e. The van der Waals surface area contributed by atoms with Crippen LogP contribution in [0.5, 0.6) is 0 Å². The summed E-state index contributed by atoms with van der Waals surface area (Å²) in [4.78, 5) is 0. The van der Waals surface area contributed by atoms with Crippen molar-refractivity contribution in [3.63, 3.8) is 0 Å². The molecule has 2 aromatic heterocycles. The lowest BCUT2D eigenvalue weighted by molar-refractivity contribution is 0.547. The quantitative estimate of drug-likeness (QED) is 0.343. The van der Waals surface area contributed by atoms with E-state index in [1.807, 2.05) is 0 Å². The van der Waals surface area contributed by atoms with Gasteiger partial charge in [0.15, 0.2) is 0 Å². The van der Waals surface area contributed by atoms with Crippen molar-refractivity contribution < 1.29 is 0 Å². The van der Waals surface area contributed by atoms with Crippen molar-refractivity contribution in [1.29, 1.82) is 0 Å². The average molecular weight is 373 g/mol. The molecule has 146 valence electrons. The van der Waals surface area contributed by atoms with Gasteiger partial charge < -0.3 is 9.13 Å². The van der Waals surface area contributed by atoms with Crippen LogP contribution in [0.15, 0.2) is 48.5 Å². The highest BCUT2D eigenvalue weighted by Gasteiger charge is 2.20. The Morgan fingerprint density at radius 1 is 0.607 bits per heavy atom. The molecule has 0 saturated carbocycles. The normalized spacial score (nSPS) is 13.0. The minimum absolute atomic E-state index is 0.136. The summed E-state index contributed by atoms with van der Waals surface area (Å²) in [7, 11) is 4.36. The predicted octanol–water partition coefficient (Wildman–Crippen LogP) is 6.93. The number of hydrogen-bond donors (Lipinski definition) is 0. The van der Waals surface area contributed by atoms with Crippen LogP contribution >= 0.6 is 0 Å². The molecule has 2 nitrogen and oxygen atoms in total. The zero-order valence-electron chi connectivity index (χ0n) is 18.5. The molecule has 0 amide bonds. The van der Waals surface area contributed by atoms with E-state index in [1.54, 1.807) is 0 Å². The molecular formula is C26H32N2. The largest absolute Gasteiger partial charge is 0.347 e. The molecule has 0 fully saturated rings. The summed E-state index contributed by atoms with van der Waals surface area (Å²) in [6.45, 7) is 13.6. The van der Waals surface area contributed by atoms with E-state index in [0.29, 0.717) is 0 Å². The van der Waals surface area contributed by atoms with Crippen LogP contribution in [-0.2, 0) is 24.9 Å². The number of fused-ring (bicyclic) bond motifs is 2. The van der Waals surface area contributed by atoms with Crippen molar-refractivity contribution in [2.24, 2.45) is 14.1 Å². The highest BCUT2D eigenvalue weighted by Crippen LogP contribution is 2.34. The Kier molecular flexibility index (Phi) is 4.05. The van der Waals surface area contributed by atoms with Gasteiger partial charge in [-0.05, 0) is 46.7 Å². The van der Waals surface area contributed by atoms with Crippen LogP contribution in [0.3, 0.4) is 0 Å². The fourth-order valence-electron chi connectivity index (χ4n) is 4.30. The molecule has 2 heterocycles. The molecule has 2 heteroatoms. The minimum atomic E-state index is 0.136. The van der Waals surface area contributed by atoms with E-state index in [2.05, 4.69) is 113 Å². The summed E-state index contributed by atoms with van der Waals surface area (Å²) in [6, 6.07) is 18.4. The Morgan fingerprint density at radius 2 is 1.32 bits per heavy atom. The number of aryl methyl sites for hydroxylation is 2. The standard InChI is InChI=1S/C26H32N2/c1-25(2,3)20-11-12-21-19(13-20)15-22(27(21)7)17-9-10-18-16-24(26(4,5)6)28(8)23(18)14-17/h9-16H,1-8H3. The number of hydrogen-bond acceptors (Lipinski definition) is 0. The maximum atomic E-state index is 2.35. The SMILES string of the molecule is Cn1c(-c2ccc3cc(C(C)(C)C)n(C)c3c2)cc2cc(C(C)(C)C)ccc21. The lowest BCUT2D eigenvalue weighted by Gasteiger charge is -2.19. The van der Waals surface area contributed by atoms with E-state index in [9.17, 15) is 0 Å². The summed E-state index contributed by atoms with van der Waals surface area (Å²) in [6.07, 6.45) is 0. The minimum Gasteiger partial charge on any atom is -0.347 e. The highest BCUT2D eigenvalue weighted by atomic mass is 15.0. The molecule has 0 unspecified atom stereocenters. The van der Waals surface area contributed by atoms with Crippen LogP contribution in [0, 0.1) is 0 Å². The van der Waals surface area contributed by atoms with Crippen LogP contribution in [0.2, 0.25) is 0 Å². The first-order valence-electron chi connectivity index (χ1n) is 10.2. The molecule has 2 aromatic carbocycles. The number of aromatic nitrogens is 2. The van der Waals surface area contributed by atoms with Gasteiger partial charge in [-0.15, -0.1) is 0 Å². The molecule has 0 aliphatic heterocycles. The molecule has 4 aromatic rings. The van der Waals surface area contributed by atoms with Gasteiger partial charge in [0.2, 0.25) is 0 Å². The number of rotatable bonds is 1. The van der Waals surface area contributed by atoms with Crippen LogP contribution in [0.25, 0.3) is 33.1 Å². The van der Waals surface area contributed by atoms with Gasteiger partial charge in [-0.25, -0.2) is 0 Å². The highest BCUT2D eigenvalue weighted by molar-refractivity contribution is 5.91. The van der Waals surface area contributed by atoms with E-state index in [-0.39, 0.29) is 10.8 Å². The fraction of sp³-hybridized carbons (Fsp3) is 0.385. The molecule has 4 rings (SSSR count). The second kappa shape index (κ2) is 6.01. The lowest BCUT2D eigenvalue weighted by atomic mass is 9.86. The summed E-state index contributed by atoms with van der Waals surface area (Å²) in [5.74, 6) is 0. The Bertz CT molecular complexity index is 1190. The van der Waals surface area contributed by atoms with Gasteiger partial charge in [0, 0.05) is 52.9 Å². The van der Waals surface area contributed by atoms with Crippen molar-refractivity contribution in [3.8, 4) is 11.3 Å². The van der Waals surface area contributed by atoms with Crippen molar-refractivity contribution in [3.05, 3.63) is 59.8 Å². The molecule has 0 spiro atoms. The maximum Gasteiger partial charge on any atom is 0.0489 e. The zero-order chi connectivity index (χ0) is 20.4. The predicted molar refractivity (Wildman–Crippen MR) is 122 cm³/mol. The van der Waals surface area contributed by atoms with Crippen LogP contribution in [-0.4, -0.2) is 9.13 Å². The summed E-state index contributed by atoms with van der Waals surface area (Å²) < 4.78 is 4.66. The average Bonchev–Trinajstić information content (AvgIpc) is 3.11. The van der Waals surface area contributed by atoms with Gasteiger partial charge in [-0.3, -0.25) is 0 Å². The van der Waals surface area contributed by atoms with Gasteiger partial charge in [0.1, 0.15) is 0 Å². The van der Waals surface area contributed by atoms with Crippen molar-refractivity contribution in [2.75, 3.05) is 0 Å². The first-order valence-corrected chi connectivity index (χ1v) is 10.2. The third kappa shape index (κ3) is 2.96. The summed E-state index contributed by atoms with van der Waals surface area (Å²) in [5, 5.41) is 2.62. The van der Waals surface area contributed by atoms with E-state index in [1.165, 1.54) is 44.3 Å². The third-order valence-electron chi connectivity index (χ3n) is 6.02. The van der Waals surface area contributed by atoms with Gasteiger partial charge in [-0.1, -0.05) is 59.7 Å². The van der Waals surface area contributed by atoms with Gasteiger partial charge in [0.25, 0.3) is 0 Å². The molecule has 0 atom stereocenters. The monoisotopic (exact) mass is 372 g/mol. The Morgan fingerprint density at radius 3 is 1.96 bits per heavy atom. The summed E-state index contributed by atoms with van der Waals surface area (Å²) in [5.41, 5.74) is 8.16. The molecule has 0 aliphatic carbocycles. The molecule has 0 saturated heterocycles. The molecule has 0 aliphatic rings. The first-order chi connectivity index (χ1) is 13.0. The Balaban J connectivity index is 1.89. The maximum absolute atomic E-state index is 2.35. The third-order valence-corrected chi connectivity index (χ3v) is 6.02. The van der Waals surface area contributed by atoms with Crippen molar-refractivity contribution in [2.45, 2.75) is 52.4 Å². The van der Waals surface area contributed by atoms with E-state index >= 15 is 0 Å². The molecule has 0 N–H and O–H groups in total. The van der Waals surface area contributed by atoms with Crippen molar-refractivity contribution >= 4 is 21.8 Å².